The van der Waals surface area contributed by atoms with Gasteiger partial charge in [-0.1, -0.05) is 65.8 Å². The van der Waals surface area contributed by atoms with Gasteiger partial charge in [-0.05, 0) is 124 Å². The van der Waals surface area contributed by atoms with E-state index < -0.39 is 0 Å². The molecule has 0 amide bonds. The Morgan fingerprint density at radius 1 is 0.943 bits per heavy atom. The van der Waals surface area contributed by atoms with Crippen molar-refractivity contribution in [2.75, 3.05) is 0 Å². The van der Waals surface area contributed by atoms with Crippen LogP contribution in [-0.4, -0.2) is 6.10 Å². The van der Waals surface area contributed by atoms with Gasteiger partial charge in [-0.25, -0.2) is 0 Å². The molecule has 0 bridgehead atoms. The molecule has 5 rings (SSSR count). The number of hydrogen-bond donors (Lipinski definition) is 0. The van der Waals surface area contributed by atoms with Crippen LogP contribution in [0.4, 0.5) is 0 Å². The van der Waals surface area contributed by atoms with E-state index in [-0.39, 0.29) is 5.41 Å². The summed E-state index contributed by atoms with van der Waals surface area (Å²) in [5, 5.41) is 0. The molecular formula is C34H56O. The van der Waals surface area contributed by atoms with Crippen LogP contribution in [-0.2, 0) is 4.74 Å². The monoisotopic (exact) mass is 480 g/mol. The summed E-state index contributed by atoms with van der Waals surface area (Å²) < 4.78 is 6.34. The lowest BCUT2D eigenvalue weighted by Crippen LogP contribution is -2.65. The van der Waals surface area contributed by atoms with Crippen LogP contribution in [0.25, 0.3) is 0 Å². The molecule has 9 atom stereocenters. The Hall–Kier alpha value is -0.980. The molecule has 0 aliphatic heterocycles. The second kappa shape index (κ2) is 9.40. The van der Waals surface area contributed by atoms with Crippen LogP contribution in [0, 0.1) is 51.2 Å². The SMILES string of the molecule is C=C(C)O[C@H]1CC[C@@]2(C)C(CC[C@]3(C)C2CCC2C4C(=CCC[C@H]4C)CC[C@]23C)C1(C)C.C=CC. The molecule has 0 aromatic heterocycles. The first kappa shape index (κ1) is 27.1. The highest BCUT2D eigenvalue weighted by molar-refractivity contribution is 5.24. The van der Waals surface area contributed by atoms with Crippen LogP contribution in [0.15, 0.2) is 36.6 Å². The van der Waals surface area contributed by atoms with E-state index in [4.69, 9.17) is 4.74 Å². The molecule has 4 saturated carbocycles. The topological polar surface area (TPSA) is 9.23 Å². The molecule has 5 aliphatic rings. The third-order valence-corrected chi connectivity index (χ3v) is 12.7. The summed E-state index contributed by atoms with van der Waals surface area (Å²) in [5.41, 5.74) is 3.53. The van der Waals surface area contributed by atoms with Crippen molar-refractivity contribution < 1.29 is 4.74 Å². The molecule has 0 heterocycles. The van der Waals surface area contributed by atoms with Crippen molar-refractivity contribution in [1.82, 2.24) is 0 Å². The van der Waals surface area contributed by atoms with Crippen LogP contribution in [0.5, 0.6) is 0 Å². The highest BCUT2D eigenvalue weighted by Gasteiger charge is 2.68. The Labute approximate surface area is 218 Å². The fourth-order valence-electron chi connectivity index (χ4n) is 11.0. The summed E-state index contributed by atoms with van der Waals surface area (Å²) in [4.78, 5) is 0. The minimum Gasteiger partial charge on any atom is -0.495 e. The summed E-state index contributed by atoms with van der Waals surface area (Å²) in [6, 6.07) is 0. The molecule has 0 spiro atoms. The van der Waals surface area contributed by atoms with Crippen molar-refractivity contribution in [3.8, 4) is 0 Å². The molecule has 0 aromatic rings. The van der Waals surface area contributed by atoms with Gasteiger partial charge in [0, 0.05) is 5.41 Å². The molecule has 1 heteroatoms. The van der Waals surface area contributed by atoms with Crippen molar-refractivity contribution in [3.05, 3.63) is 36.6 Å². The van der Waals surface area contributed by atoms with E-state index in [9.17, 15) is 0 Å². The van der Waals surface area contributed by atoms with Gasteiger partial charge in [-0.3, -0.25) is 0 Å². The molecule has 0 aromatic carbocycles. The standard InChI is InChI=1S/C31H50O.C3H6/c1-20(2)32-26-16-17-29(6)24(28(26,4)5)15-19-31(8)25(29)13-12-23-27-21(3)10-9-11-22(27)14-18-30(23,31)7;1-3-2/h11,21,23-27H,1,9-10,12-19H2,2-8H3;3H,1H2,2H3/t21-,23?,24?,25?,26+,27?,29+,30-,31-;/m1./s1. The van der Waals surface area contributed by atoms with E-state index in [1.807, 2.05) is 19.4 Å². The minimum absolute atomic E-state index is 0.228. The average molecular weight is 481 g/mol. The number of fused-ring (bicyclic) bond motifs is 7. The summed E-state index contributed by atoms with van der Waals surface area (Å²) in [5.74, 6) is 5.20. The maximum atomic E-state index is 6.34. The predicted molar refractivity (Wildman–Crippen MR) is 151 cm³/mol. The minimum atomic E-state index is 0.228. The first-order valence-corrected chi connectivity index (χ1v) is 14.9. The van der Waals surface area contributed by atoms with Gasteiger partial charge in [-0.2, -0.15) is 0 Å². The van der Waals surface area contributed by atoms with E-state index in [0.717, 1.165) is 35.3 Å². The maximum Gasteiger partial charge on any atom is 0.104 e. The molecule has 35 heavy (non-hydrogen) atoms. The van der Waals surface area contributed by atoms with Crippen LogP contribution in [0.1, 0.15) is 120 Å². The lowest BCUT2D eigenvalue weighted by molar-refractivity contribution is -0.236. The van der Waals surface area contributed by atoms with Crippen LogP contribution in [0.2, 0.25) is 0 Å². The second-order valence-corrected chi connectivity index (χ2v) is 14.6. The van der Waals surface area contributed by atoms with E-state index in [2.05, 4.69) is 60.8 Å². The second-order valence-electron chi connectivity index (χ2n) is 14.6. The summed E-state index contributed by atoms with van der Waals surface area (Å²) in [6.45, 7) is 27.2. The van der Waals surface area contributed by atoms with Crippen LogP contribution < -0.4 is 0 Å². The molecule has 4 unspecified atom stereocenters. The van der Waals surface area contributed by atoms with E-state index in [0.29, 0.717) is 22.3 Å². The third kappa shape index (κ3) is 4.01. The summed E-state index contributed by atoms with van der Waals surface area (Å²) in [7, 11) is 0. The van der Waals surface area contributed by atoms with E-state index in [1.165, 1.54) is 64.2 Å². The molecule has 198 valence electrons. The molecular weight excluding hydrogens is 424 g/mol. The number of hydrogen-bond acceptors (Lipinski definition) is 1. The average Bonchev–Trinajstić information content (AvgIpc) is 2.77. The number of ether oxygens (including phenoxy) is 1. The van der Waals surface area contributed by atoms with Gasteiger partial charge in [-0.15, -0.1) is 6.58 Å². The van der Waals surface area contributed by atoms with Gasteiger partial charge in [0.15, 0.2) is 0 Å². The van der Waals surface area contributed by atoms with E-state index in [1.54, 1.807) is 6.08 Å². The van der Waals surface area contributed by atoms with Gasteiger partial charge in [0.05, 0.1) is 5.76 Å². The Kier molecular flexibility index (Phi) is 7.27. The highest BCUT2D eigenvalue weighted by Crippen LogP contribution is 2.75. The maximum absolute atomic E-state index is 6.34. The molecule has 0 saturated heterocycles. The first-order valence-electron chi connectivity index (χ1n) is 14.9. The van der Waals surface area contributed by atoms with Crippen molar-refractivity contribution in [2.45, 2.75) is 126 Å². The fraction of sp³-hybridized carbons (Fsp3) is 0.824. The van der Waals surface area contributed by atoms with Gasteiger partial charge < -0.3 is 4.74 Å². The van der Waals surface area contributed by atoms with Gasteiger partial charge in [0.25, 0.3) is 0 Å². The normalized spacial score (nSPS) is 47.8. The largest absolute Gasteiger partial charge is 0.495 e. The quantitative estimate of drug-likeness (QED) is 0.282. The van der Waals surface area contributed by atoms with Crippen molar-refractivity contribution in [2.24, 2.45) is 51.2 Å². The van der Waals surface area contributed by atoms with Crippen LogP contribution >= 0.6 is 0 Å². The summed E-state index contributed by atoms with van der Waals surface area (Å²) in [6.07, 6.45) is 18.6. The first-order chi connectivity index (χ1) is 16.4. The molecule has 0 N–H and O–H groups in total. The zero-order valence-corrected chi connectivity index (χ0v) is 24.5. The van der Waals surface area contributed by atoms with Gasteiger partial charge in [0.1, 0.15) is 6.10 Å². The van der Waals surface area contributed by atoms with Crippen molar-refractivity contribution in [3.63, 3.8) is 0 Å². The zero-order valence-electron chi connectivity index (χ0n) is 24.5. The Morgan fingerprint density at radius 2 is 1.63 bits per heavy atom. The summed E-state index contributed by atoms with van der Waals surface area (Å²) >= 11 is 0. The molecule has 0 radical (unpaired) electrons. The van der Waals surface area contributed by atoms with E-state index >= 15 is 0 Å². The zero-order chi connectivity index (χ0) is 25.8. The Morgan fingerprint density at radius 3 is 2.29 bits per heavy atom. The molecule has 4 fully saturated rings. The van der Waals surface area contributed by atoms with Crippen molar-refractivity contribution >= 4 is 0 Å². The number of rotatable bonds is 2. The fourth-order valence-corrected chi connectivity index (χ4v) is 11.0. The smallest absolute Gasteiger partial charge is 0.104 e. The Balaban J connectivity index is 0.000000917. The van der Waals surface area contributed by atoms with Crippen LogP contribution in [0.3, 0.4) is 0 Å². The lowest BCUT2D eigenvalue weighted by atomic mass is 9.33. The molecule has 5 aliphatic carbocycles. The van der Waals surface area contributed by atoms with Gasteiger partial charge >= 0.3 is 0 Å². The highest BCUT2D eigenvalue weighted by atomic mass is 16.5. The predicted octanol–water partition coefficient (Wildman–Crippen LogP) is 10.1. The number of allylic oxidation sites excluding steroid dienone is 4. The van der Waals surface area contributed by atoms with Crippen molar-refractivity contribution in [1.29, 1.82) is 0 Å². The lowest BCUT2D eigenvalue weighted by Gasteiger charge is -2.72. The van der Waals surface area contributed by atoms with Gasteiger partial charge in [0.2, 0.25) is 0 Å². The third-order valence-electron chi connectivity index (χ3n) is 12.7. The molecule has 1 nitrogen and oxygen atoms in total. The Bertz CT molecular complexity index is 849.